The van der Waals surface area contributed by atoms with E-state index >= 15 is 0 Å². The van der Waals surface area contributed by atoms with Crippen molar-refractivity contribution in [2.45, 2.75) is 17.9 Å². The number of esters is 1. The molecule has 0 aromatic heterocycles. The minimum Gasteiger partial charge on any atom is -0.465 e. The molecule has 100 valence electrons. The molecule has 0 aliphatic rings. The van der Waals surface area contributed by atoms with Crippen LogP contribution in [0.4, 0.5) is 13.2 Å². The molecule has 0 spiro atoms. The van der Waals surface area contributed by atoms with E-state index in [0.717, 1.165) is 18.2 Å². The van der Waals surface area contributed by atoms with Crippen molar-refractivity contribution in [1.29, 1.82) is 0 Å². The molecule has 1 rings (SSSR count). The highest BCUT2D eigenvalue weighted by Crippen LogP contribution is 2.36. The van der Waals surface area contributed by atoms with Gasteiger partial charge in [0.2, 0.25) is 0 Å². The highest BCUT2D eigenvalue weighted by Gasteiger charge is 2.32. The van der Waals surface area contributed by atoms with Gasteiger partial charge in [-0.25, -0.2) is 0 Å². The third-order valence-electron chi connectivity index (χ3n) is 2.09. The molecule has 0 N–H and O–H groups in total. The second kappa shape index (κ2) is 5.93. The summed E-state index contributed by atoms with van der Waals surface area (Å²) in [6, 6.07) is 2.79. The largest absolute Gasteiger partial charge is 0.465 e. The zero-order chi connectivity index (χ0) is 13.9. The van der Waals surface area contributed by atoms with E-state index in [1.807, 2.05) is 0 Å². The second-order valence-corrected chi connectivity index (χ2v) is 4.67. The highest BCUT2D eigenvalue weighted by atomic mass is 79.9. The van der Waals surface area contributed by atoms with Crippen LogP contribution in [0.3, 0.4) is 0 Å². The number of rotatable bonds is 3. The van der Waals surface area contributed by atoms with Gasteiger partial charge in [-0.3, -0.25) is 4.79 Å². The van der Waals surface area contributed by atoms with Crippen molar-refractivity contribution in [1.82, 2.24) is 0 Å². The van der Waals surface area contributed by atoms with Crippen molar-refractivity contribution in [2.75, 3.05) is 6.61 Å². The Kier molecular flexibility index (Phi) is 5.04. The summed E-state index contributed by atoms with van der Waals surface area (Å²) < 4.78 is 42.3. The molecular weight excluding hydrogens is 336 g/mol. The van der Waals surface area contributed by atoms with Gasteiger partial charge in [-0.05, 0) is 30.7 Å². The van der Waals surface area contributed by atoms with Crippen LogP contribution in [0.2, 0.25) is 5.02 Å². The van der Waals surface area contributed by atoms with Gasteiger partial charge in [0, 0.05) is 5.02 Å². The molecule has 0 radical (unpaired) electrons. The van der Waals surface area contributed by atoms with Crippen LogP contribution in [0.15, 0.2) is 18.2 Å². The molecule has 1 atom stereocenters. The van der Waals surface area contributed by atoms with Gasteiger partial charge in [0.1, 0.15) is 4.83 Å². The quantitative estimate of drug-likeness (QED) is 0.601. The predicted octanol–water partition coefficient (Wildman–Crippen LogP) is 4.36. The van der Waals surface area contributed by atoms with Crippen LogP contribution in [-0.4, -0.2) is 12.6 Å². The van der Waals surface area contributed by atoms with E-state index in [1.54, 1.807) is 6.92 Å². The van der Waals surface area contributed by atoms with Gasteiger partial charge in [-0.2, -0.15) is 13.2 Å². The average molecular weight is 346 g/mol. The lowest BCUT2D eigenvalue weighted by Gasteiger charge is -2.14. The third-order valence-corrected chi connectivity index (χ3v) is 3.30. The number of benzene rings is 1. The van der Waals surface area contributed by atoms with Crippen molar-refractivity contribution in [3.8, 4) is 0 Å². The zero-order valence-corrected chi connectivity index (χ0v) is 11.6. The summed E-state index contributed by atoms with van der Waals surface area (Å²) in [7, 11) is 0. The molecule has 0 aliphatic carbocycles. The SMILES string of the molecule is CCOC(=O)C(Br)c1cc(C(F)(F)F)ccc1Cl. The smallest absolute Gasteiger partial charge is 0.416 e. The second-order valence-electron chi connectivity index (χ2n) is 3.35. The molecule has 0 saturated heterocycles. The van der Waals surface area contributed by atoms with Crippen LogP contribution in [0.25, 0.3) is 0 Å². The zero-order valence-electron chi connectivity index (χ0n) is 9.22. The van der Waals surface area contributed by atoms with E-state index < -0.39 is 22.5 Å². The Bertz CT molecular complexity index is 448. The molecule has 7 heteroatoms. The predicted molar refractivity (Wildman–Crippen MR) is 64.8 cm³/mol. The number of carbonyl (C=O) groups excluding carboxylic acids is 1. The molecule has 0 saturated carbocycles. The van der Waals surface area contributed by atoms with E-state index in [4.69, 9.17) is 16.3 Å². The first-order valence-corrected chi connectivity index (χ1v) is 6.24. The molecule has 0 fully saturated rings. The molecule has 1 aromatic carbocycles. The Labute approximate surface area is 115 Å². The Morgan fingerprint density at radius 1 is 1.50 bits per heavy atom. The molecule has 0 bridgehead atoms. The van der Waals surface area contributed by atoms with E-state index in [9.17, 15) is 18.0 Å². The van der Waals surface area contributed by atoms with Crippen LogP contribution in [0.1, 0.15) is 22.9 Å². The van der Waals surface area contributed by atoms with Crippen LogP contribution in [0.5, 0.6) is 0 Å². The van der Waals surface area contributed by atoms with Gasteiger partial charge in [-0.1, -0.05) is 27.5 Å². The van der Waals surface area contributed by atoms with Crippen molar-refractivity contribution in [3.05, 3.63) is 34.3 Å². The van der Waals surface area contributed by atoms with E-state index in [-0.39, 0.29) is 17.2 Å². The fraction of sp³-hybridized carbons (Fsp3) is 0.364. The summed E-state index contributed by atoms with van der Waals surface area (Å²) in [6.07, 6.45) is -4.49. The topological polar surface area (TPSA) is 26.3 Å². The van der Waals surface area contributed by atoms with Gasteiger partial charge in [0.05, 0.1) is 12.2 Å². The van der Waals surface area contributed by atoms with Crippen LogP contribution >= 0.6 is 27.5 Å². The molecular formula is C11H9BrClF3O2. The summed E-state index contributed by atoms with van der Waals surface area (Å²) in [6.45, 7) is 1.74. The minimum absolute atomic E-state index is 0.0324. The molecule has 0 amide bonds. The maximum Gasteiger partial charge on any atom is 0.416 e. The maximum absolute atomic E-state index is 12.5. The number of halogens is 5. The van der Waals surface area contributed by atoms with Gasteiger partial charge in [0.15, 0.2) is 0 Å². The van der Waals surface area contributed by atoms with E-state index in [1.165, 1.54) is 0 Å². The summed E-state index contributed by atoms with van der Waals surface area (Å²) in [5, 5.41) is 0.0675. The first-order chi connectivity index (χ1) is 8.27. The fourth-order valence-corrected chi connectivity index (χ4v) is 2.13. The van der Waals surface area contributed by atoms with Crippen molar-refractivity contribution in [2.24, 2.45) is 0 Å². The number of alkyl halides is 4. The lowest BCUT2D eigenvalue weighted by Crippen LogP contribution is -2.13. The fourth-order valence-electron chi connectivity index (χ4n) is 1.26. The molecule has 0 aliphatic heterocycles. The Hall–Kier alpha value is -0.750. The van der Waals surface area contributed by atoms with E-state index in [0.29, 0.717) is 0 Å². The van der Waals surface area contributed by atoms with Crippen LogP contribution in [0, 0.1) is 0 Å². The lowest BCUT2D eigenvalue weighted by molar-refractivity contribution is -0.143. The first kappa shape index (κ1) is 15.3. The van der Waals surface area contributed by atoms with Gasteiger partial charge in [-0.15, -0.1) is 0 Å². The summed E-state index contributed by atoms with van der Waals surface area (Å²) in [5.74, 6) is -0.682. The summed E-state index contributed by atoms with van der Waals surface area (Å²) in [5.41, 5.74) is -0.833. The monoisotopic (exact) mass is 344 g/mol. The Balaban J connectivity index is 3.12. The van der Waals surface area contributed by atoms with Gasteiger partial charge >= 0.3 is 12.1 Å². The maximum atomic E-state index is 12.5. The summed E-state index contributed by atoms with van der Waals surface area (Å²) >= 11 is 8.76. The lowest BCUT2D eigenvalue weighted by atomic mass is 10.1. The number of ether oxygens (including phenoxy) is 1. The normalized spacial score (nSPS) is 13.2. The highest BCUT2D eigenvalue weighted by molar-refractivity contribution is 9.09. The Morgan fingerprint density at radius 2 is 2.11 bits per heavy atom. The minimum atomic E-state index is -4.49. The van der Waals surface area contributed by atoms with Gasteiger partial charge < -0.3 is 4.74 Å². The number of hydrogen-bond acceptors (Lipinski definition) is 2. The molecule has 18 heavy (non-hydrogen) atoms. The van der Waals surface area contributed by atoms with Crippen molar-refractivity contribution >= 4 is 33.5 Å². The first-order valence-electron chi connectivity index (χ1n) is 4.94. The van der Waals surface area contributed by atoms with Gasteiger partial charge in [0.25, 0.3) is 0 Å². The average Bonchev–Trinajstić information content (AvgIpc) is 2.27. The van der Waals surface area contributed by atoms with Crippen molar-refractivity contribution < 1.29 is 22.7 Å². The van der Waals surface area contributed by atoms with Crippen LogP contribution < -0.4 is 0 Å². The summed E-state index contributed by atoms with van der Waals surface area (Å²) in [4.78, 5) is 10.4. The molecule has 0 heterocycles. The molecule has 2 nitrogen and oxygen atoms in total. The number of hydrogen-bond donors (Lipinski definition) is 0. The van der Waals surface area contributed by atoms with Crippen LogP contribution in [-0.2, 0) is 15.7 Å². The standard InChI is InChI=1S/C11H9BrClF3O2/c1-2-18-10(17)9(12)7-5-6(11(14,15)16)3-4-8(7)13/h3-5,9H,2H2,1H3. The third kappa shape index (κ3) is 3.62. The van der Waals surface area contributed by atoms with Crippen molar-refractivity contribution in [3.63, 3.8) is 0 Å². The Morgan fingerprint density at radius 3 is 2.61 bits per heavy atom. The number of carbonyl (C=O) groups is 1. The molecule has 1 aromatic rings. The molecule has 1 unspecified atom stereocenters. The van der Waals surface area contributed by atoms with E-state index in [2.05, 4.69) is 15.9 Å².